The Labute approximate surface area is 122 Å². The van der Waals surface area contributed by atoms with E-state index in [0.29, 0.717) is 5.56 Å². The normalized spacial score (nSPS) is 11.5. The molecule has 1 unspecified atom stereocenters. The zero-order chi connectivity index (χ0) is 15.1. The first-order valence-corrected chi connectivity index (χ1v) is 7.15. The molecule has 1 rings (SSSR count). The third kappa shape index (κ3) is 3.97. The summed E-state index contributed by atoms with van der Waals surface area (Å²) in [5.74, 6) is -0.947. The predicted molar refractivity (Wildman–Crippen MR) is 74.9 cm³/mol. The van der Waals surface area contributed by atoms with E-state index in [2.05, 4.69) is 4.98 Å². The number of pyridine rings is 1. The molecule has 1 aromatic heterocycles. The largest absolute Gasteiger partial charge is 0.462 e. The lowest BCUT2D eigenvalue weighted by Crippen LogP contribution is -2.19. The fourth-order valence-corrected chi connectivity index (χ4v) is 2.24. The number of carbonyl (C=O) groups is 1. The SMILES string of the molecule is CCSc1cnc(C#N)c(C(C#N)C(=O)OC(C)C)c1. The van der Waals surface area contributed by atoms with Gasteiger partial charge in [-0.25, -0.2) is 4.98 Å². The zero-order valence-electron chi connectivity index (χ0n) is 11.6. The van der Waals surface area contributed by atoms with E-state index in [1.807, 2.05) is 19.1 Å². The fraction of sp³-hybridized carbons (Fsp3) is 0.429. The average molecular weight is 289 g/mol. The third-order valence-corrected chi connectivity index (χ3v) is 3.18. The van der Waals surface area contributed by atoms with E-state index in [9.17, 15) is 10.1 Å². The molecule has 6 heteroatoms. The Morgan fingerprint density at radius 3 is 2.70 bits per heavy atom. The van der Waals surface area contributed by atoms with Gasteiger partial charge in [0.15, 0.2) is 5.92 Å². The lowest BCUT2D eigenvalue weighted by molar-refractivity contribution is -0.147. The van der Waals surface area contributed by atoms with Crippen molar-refractivity contribution in [1.82, 2.24) is 4.98 Å². The van der Waals surface area contributed by atoms with Crippen molar-refractivity contribution in [1.29, 1.82) is 10.5 Å². The van der Waals surface area contributed by atoms with Gasteiger partial charge in [0.1, 0.15) is 11.8 Å². The molecule has 0 radical (unpaired) electrons. The van der Waals surface area contributed by atoms with Crippen molar-refractivity contribution in [3.8, 4) is 12.1 Å². The summed E-state index contributed by atoms with van der Waals surface area (Å²) in [5, 5.41) is 18.3. The highest BCUT2D eigenvalue weighted by atomic mass is 32.2. The van der Waals surface area contributed by atoms with Crippen LogP contribution in [0.1, 0.15) is 37.9 Å². The van der Waals surface area contributed by atoms with Crippen LogP contribution in [0.25, 0.3) is 0 Å². The molecule has 0 amide bonds. The minimum atomic E-state index is -1.13. The molecule has 1 atom stereocenters. The summed E-state index contributed by atoms with van der Waals surface area (Å²) in [6.45, 7) is 5.40. The highest BCUT2D eigenvalue weighted by Crippen LogP contribution is 2.25. The van der Waals surface area contributed by atoms with Gasteiger partial charge in [0.25, 0.3) is 0 Å². The maximum atomic E-state index is 11.9. The molecule has 0 saturated heterocycles. The van der Waals surface area contributed by atoms with Crippen LogP contribution in [-0.2, 0) is 9.53 Å². The first-order valence-electron chi connectivity index (χ1n) is 6.16. The van der Waals surface area contributed by atoms with Crippen LogP contribution in [0.5, 0.6) is 0 Å². The summed E-state index contributed by atoms with van der Waals surface area (Å²) in [4.78, 5) is 16.8. The van der Waals surface area contributed by atoms with Crippen molar-refractivity contribution in [2.75, 3.05) is 5.75 Å². The van der Waals surface area contributed by atoms with Crippen molar-refractivity contribution in [3.63, 3.8) is 0 Å². The van der Waals surface area contributed by atoms with E-state index < -0.39 is 11.9 Å². The van der Waals surface area contributed by atoms with Gasteiger partial charge in [-0.15, -0.1) is 11.8 Å². The molecule has 5 nitrogen and oxygen atoms in total. The summed E-state index contributed by atoms with van der Waals surface area (Å²) in [6, 6.07) is 5.46. The van der Waals surface area contributed by atoms with Gasteiger partial charge in [-0.3, -0.25) is 4.79 Å². The molecule has 0 spiro atoms. The molecule has 0 aromatic carbocycles. The Hall–Kier alpha value is -2.05. The molecular formula is C14H15N3O2S. The Bertz CT molecular complexity index is 573. The van der Waals surface area contributed by atoms with Gasteiger partial charge < -0.3 is 4.74 Å². The van der Waals surface area contributed by atoms with Gasteiger partial charge in [-0.1, -0.05) is 6.92 Å². The molecule has 1 heterocycles. The van der Waals surface area contributed by atoms with Gasteiger partial charge in [-0.2, -0.15) is 10.5 Å². The van der Waals surface area contributed by atoms with Gasteiger partial charge in [-0.05, 0) is 25.7 Å². The first kappa shape index (κ1) is 16.0. The number of nitriles is 2. The van der Waals surface area contributed by atoms with Crippen molar-refractivity contribution >= 4 is 17.7 Å². The number of rotatable bonds is 5. The van der Waals surface area contributed by atoms with E-state index in [-0.39, 0.29) is 11.8 Å². The summed E-state index contributed by atoms with van der Waals surface area (Å²) in [6.07, 6.45) is 1.25. The molecule has 0 aliphatic heterocycles. The molecule has 0 fully saturated rings. The topological polar surface area (TPSA) is 86.8 Å². The Morgan fingerprint density at radius 1 is 1.50 bits per heavy atom. The average Bonchev–Trinajstić information content (AvgIpc) is 2.39. The number of esters is 1. The second-order valence-electron chi connectivity index (χ2n) is 4.20. The number of carbonyl (C=O) groups excluding carboxylic acids is 1. The minimum Gasteiger partial charge on any atom is -0.462 e. The molecule has 104 valence electrons. The van der Waals surface area contributed by atoms with Gasteiger partial charge >= 0.3 is 5.97 Å². The quantitative estimate of drug-likeness (QED) is 0.611. The van der Waals surface area contributed by atoms with Crippen LogP contribution in [0.3, 0.4) is 0 Å². The van der Waals surface area contributed by atoms with Crippen LogP contribution in [0.2, 0.25) is 0 Å². The summed E-state index contributed by atoms with van der Waals surface area (Å²) < 4.78 is 5.05. The van der Waals surface area contributed by atoms with Crippen LogP contribution >= 0.6 is 11.8 Å². The number of thioether (sulfide) groups is 1. The van der Waals surface area contributed by atoms with Gasteiger partial charge in [0, 0.05) is 16.7 Å². The maximum absolute atomic E-state index is 11.9. The highest BCUT2D eigenvalue weighted by Gasteiger charge is 2.26. The van der Waals surface area contributed by atoms with E-state index in [4.69, 9.17) is 10.00 Å². The van der Waals surface area contributed by atoms with Crippen molar-refractivity contribution in [2.24, 2.45) is 0 Å². The lowest BCUT2D eigenvalue weighted by Gasteiger charge is -2.13. The second kappa shape index (κ2) is 7.52. The number of nitrogens with zero attached hydrogens (tertiary/aromatic N) is 3. The molecule has 20 heavy (non-hydrogen) atoms. The van der Waals surface area contributed by atoms with Crippen molar-refractivity contribution in [2.45, 2.75) is 37.7 Å². The standard InChI is InChI=1S/C14H15N3O2S/c1-4-20-10-5-11(13(7-16)17-8-10)12(6-15)14(18)19-9(2)3/h5,8-9,12H,4H2,1-3H3. The fourth-order valence-electron chi connectivity index (χ4n) is 1.57. The van der Waals surface area contributed by atoms with E-state index in [1.165, 1.54) is 11.8 Å². The predicted octanol–water partition coefficient (Wildman–Crippen LogP) is 2.62. The highest BCUT2D eigenvalue weighted by molar-refractivity contribution is 7.99. The lowest BCUT2D eigenvalue weighted by atomic mass is 9.99. The van der Waals surface area contributed by atoms with Gasteiger partial charge in [0.2, 0.25) is 0 Å². The monoisotopic (exact) mass is 289 g/mol. The third-order valence-electron chi connectivity index (χ3n) is 2.34. The van der Waals surface area contributed by atoms with Crippen LogP contribution in [0, 0.1) is 22.7 Å². The molecule has 0 bridgehead atoms. The molecule has 0 N–H and O–H groups in total. The van der Waals surface area contributed by atoms with Crippen LogP contribution < -0.4 is 0 Å². The Kier molecular flexibility index (Phi) is 6.02. The number of hydrogen-bond acceptors (Lipinski definition) is 6. The molecule has 1 aromatic rings. The number of ether oxygens (including phenoxy) is 1. The minimum absolute atomic E-state index is 0.0812. The molecule has 0 aliphatic carbocycles. The Morgan fingerprint density at radius 2 is 2.20 bits per heavy atom. The molecule has 0 saturated carbocycles. The van der Waals surface area contributed by atoms with E-state index in [0.717, 1.165) is 10.6 Å². The maximum Gasteiger partial charge on any atom is 0.328 e. The van der Waals surface area contributed by atoms with Crippen LogP contribution in [0.4, 0.5) is 0 Å². The van der Waals surface area contributed by atoms with Gasteiger partial charge in [0.05, 0.1) is 12.2 Å². The van der Waals surface area contributed by atoms with Crippen LogP contribution in [0.15, 0.2) is 17.2 Å². The number of hydrogen-bond donors (Lipinski definition) is 0. The summed E-state index contributed by atoms with van der Waals surface area (Å²) in [5.41, 5.74) is 0.386. The van der Waals surface area contributed by atoms with E-state index >= 15 is 0 Å². The molecular weight excluding hydrogens is 274 g/mol. The second-order valence-corrected chi connectivity index (χ2v) is 5.54. The summed E-state index contributed by atoms with van der Waals surface area (Å²) in [7, 11) is 0. The number of aromatic nitrogens is 1. The van der Waals surface area contributed by atoms with Crippen molar-refractivity contribution < 1.29 is 9.53 Å². The Balaban J connectivity index is 3.20. The van der Waals surface area contributed by atoms with Crippen molar-refractivity contribution in [3.05, 3.63) is 23.5 Å². The molecule has 0 aliphatic rings. The van der Waals surface area contributed by atoms with Crippen LogP contribution in [-0.4, -0.2) is 22.8 Å². The first-order chi connectivity index (χ1) is 9.53. The smallest absolute Gasteiger partial charge is 0.328 e. The summed E-state index contributed by atoms with van der Waals surface area (Å²) >= 11 is 1.53. The zero-order valence-corrected chi connectivity index (χ0v) is 12.4. The van der Waals surface area contributed by atoms with E-state index in [1.54, 1.807) is 26.1 Å².